The molecule has 2 aromatic carbocycles. The standard InChI is InChI=1S/C25H27NO6S/c1-3-4-8-22(26-33(29,30)18-12-9-16(2)10-13-18)25(28)31-17-11-14-20-19-6-5-7-21(19)24(27)32-23(20)15-17/h9-15,22,26H,3-8H2,1-2H3/t22-/m1/s1. The molecule has 0 radical (unpaired) electrons. The predicted octanol–water partition coefficient (Wildman–Crippen LogP) is 4.03. The van der Waals surface area contributed by atoms with Crippen molar-refractivity contribution in [1.29, 1.82) is 0 Å². The van der Waals surface area contributed by atoms with Crippen LogP contribution < -0.4 is 15.1 Å². The van der Waals surface area contributed by atoms with Crippen LogP contribution in [0.2, 0.25) is 0 Å². The van der Waals surface area contributed by atoms with Crippen LogP contribution in [0.5, 0.6) is 5.75 Å². The Morgan fingerprint density at radius 3 is 2.58 bits per heavy atom. The van der Waals surface area contributed by atoms with Gasteiger partial charge < -0.3 is 9.15 Å². The molecule has 4 rings (SSSR count). The maximum absolute atomic E-state index is 12.9. The lowest BCUT2D eigenvalue weighted by atomic mass is 10.1. The van der Waals surface area contributed by atoms with E-state index in [4.69, 9.17) is 9.15 Å². The van der Waals surface area contributed by atoms with Crippen molar-refractivity contribution in [3.63, 3.8) is 0 Å². The van der Waals surface area contributed by atoms with Gasteiger partial charge in [-0.1, -0.05) is 37.5 Å². The van der Waals surface area contributed by atoms with Gasteiger partial charge in [0.25, 0.3) is 0 Å². The van der Waals surface area contributed by atoms with Crippen molar-refractivity contribution in [2.75, 3.05) is 0 Å². The number of ether oxygens (including phenoxy) is 1. The van der Waals surface area contributed by atoms with Crippen molar-refractivity contribution in [3.8, 4) is 5.75 Å². The van der Waals surface area contributed by atoms with Crippen molar-refractivity contribution >= 4 is 27.0 Å². The largest absolute Gasteiger partial charge is 0.425 e. The molecule has 1 N–H and O–H groups in total. The third-order valence-corrected chi connectivity index (χ3v) is 7.41. The van der Waals surface area contributed by atoms with E-state index in [0.717, 1.165) is 41.3 Å². The first-order valence-electron chi connectivity index (χ1n) is 11.2. The Morgan fingerprint density at radius 1 is 1.12 bits per heavy atom. The highest BCUT2D eigenvalue weighted by molar-refractivity contribution is 7.89. The summed E-state index contributed by atoms with van der Waals surface area (Å²) in [6.45, 7) is 3.83. The lowest BCUT2D eigenvalue weighted by Crippen LogP contribution is -2.42. The van der Waals surface area contributed by atoms with E-state index in [1.54, 1.807) is 24.3 Å². The summed E-state index contributed by atoms with van der Waals surface area (Å²) in [6, 6.07) is 10.3. The first-order valence-corrected chi connectivity index (χ1v) is 12.7. The minimum absolute atomic E-state index is 0.0868. The summed E-state index contributed by atoms with van der Waals surface area (Å²) in [4.78, 5) is 25.3. The number of hydrogen-bond acceptors (Lipinski definition) is 6. The Kier molecular flexibility index (Phi) is 6.67. The fourth-order valence-electron chi connectivity index (χ4n) is 4.12. The molecule has 0 unspecified atom stereocenters. The fourth-order valence-corrected chi connectivity index (χ4v) is 5.34. The number of carbonyl (C=O) groups excluding carboxylic acids is 1. The van der Waals surface area contributed by atoms with Crippen LogP contribution in [0, 0.1) is 6.92 Å². The van der Waals surface area contributed by atoms with Gasteiger partial charge in [-0.3, -0.25) is 0 Å². The van der Waals surface area contributed by atoms with Crippen LogP contribution in [0.3, 0.4) is 0 Å². The van der Waals surface area contributed by atoms with Crippen LogP contribution >= 0.6 is 0 Å². The molecule has 33 heavy (non-hydrogen) atoms. The molecule has 1 aliphatic rings. The summed E-state index contributed by atoms with van der Waals surface area (Å²) in [6.07, 6.45) is 4.19. The predicted molar refractivity (Wildman–Crippen MR) is 125 cm³/mol. The average Bonchev–Trinajstić information content (AvgIpc) is 3.27. The summed E-state index contributed by atoms with van der Waals surface area (Å²) in [7, 11) is -3.90. The number of aryl methyl sites for hydroxylation is 2. The number of esters is 1. The maximum atomic E-state index is 12.9. The van der Waals surface area contributed by atoms with Crippen LogP contribution in [0.4, 0.5) is 0 Å². The molecule has 0 amide bonds. The van der Waals surface area contributed by atoms with E-state index in [2.05, 4.69) is 4.72 Å². The lowest BCUT2D eigenvalue weighted by molar-refractivity contribution is -0.136. The molecule has 1 aliphatic carbocycles. The Bertz CT molecular complexity index is 1340. The number of fused-ring (bicyclic) bond motifs is 3. The van der Waals surface area contributed by atoms with E-state index in [-0.39, 0.29) is 16.3 Å². The average molecular weight is 470 g/mol. The number of unbranched alkanes of at least 4 members (excludes halogenated alkanes) is 1. The van der Waals surface area contributed by atoms with E-state index < -0.39 is 22.0 Å². The monoisotopic (exact) mass is 469 g/mol. The molecule has 1 heterocycles. The van der Waals surface area contributed by atoms with Crippen LogP contribution in [-0.4, -0.2) is 20.4 Å². The SMILES string of the molecule is CCCC[C@@H](NS(=O)(=O)c1ccc(C)cc1)C(=O)Oc1ccc2c3c(c(=O)oc2c1)CCC3. The van der Waals surface area contributed by atoms with Gasteiger partial charge in [0.1, 0.15) is 17.4 Å². The molecular formula is C25H27NO6S. The van der Waals surface area contributed by atoms with Crippen LogP contribution in [0.25, 0.3) is 11.0 Å². The minimum atomic E-state index is -3.90. The zero-order chi connectivity index (χ0) is 23.6. The third-order valence-electron chi connectivity index (χ3n) is 5.92. The van der Waals surface area contributed by atoms with Gasteiger partial charge >= 0.3 is 11.6 Å². The molecule has 0 aliphatic heterocycles. The second-order valence-electron chi connectivity index (χ2n) is 8.41. The summed E-state index contributed by atoms with van der Waals surface area (Å²) in [5.41, 5.74) is 2.65. The molecule has 0 bridgehead atoms. The number of carbonyl (C=O) groups is 1. The third kappa shape index (κ3) is 5.02. The molecule has 0 saturated carbocycles. The van der Waals surface area contributed by atoms with Crippen LogP contribution in [0.15, 0.2) is 56.6 Å². The molecule has 1 atom stereocenters. The van der Waals surface area contributed by atoms with E-state index in [1.807, 2.05) is 13.8 Å². The second-order valence-corrected chi connectivity index (χ2v) is 10.1. The molecule has 174 valence electrons. The van der Waals surface area contributed by atoms with E-state index in [1.165, 1.54) is 18.2 Å². The first kappa shape index (κ1) is 23.2. The van der Waals surface area contributed by atoms with Crippen LogP contribution in [-0.2, 0) is 27.7 Å². The lowest BCUT2D eigenvalue weighted by Gasteiger charge is -2.18. The number of benzene rings is 2. The molecule has 8 heteroatoms. The molecule has 3 aromatic rings. The van der Waals surface area contributed by atoms with E-state index in [9.17, 15) is 18.0 Å². The van der Waals surface area contributed by atoms with Gasteiger partial charge in [-0.2, -0.15) is 4.72 Å². The summed E-state index contributed by atoms with van der Waals surface area (Å²) in [5.74, 6) is -0.508. The number of nitrogens with one attached hydrogen (secondary N) is 1. The zero-order valence-corrected chi connectivity index (χ0v) is 19.5. The highest BCUT2D eigenvalue weighted by Crippen LogP contribution is 2.30. The fraction of sp³-hybridized carbons (Fsp3) is 0.360. The van der Waals surface area contributed by atoms with Gasteiger partial charge in [-0.25, -0.2) is 18.0 Å². The smallest absolute Gasteiger partial charge is 0.339 e. The number of rotatable bonds is 8. The van der Waals surface area contributed by atoms with Crippen molar-refractivity contribution in [3.05, 3.63) is 69.6 Å². The van der Waals surface area contributed by atoms with Crippen molar-refractivity contribution in [1.82, 2.24) is 4.72 Å². The first-order chi connectivity index (χ1) is 15.8. The van der Waals surface area contributed by atoms with E-state index >= 15 is 0 Å². The molecular weight excluding hydrogens is 442 g/mol. The van der Waals surface area contributed by atoms with Gasteiger partial charge in [-0.15, -0.1) is 0 Å². The quantitative estimate of drug-likeness (QED) is 0.304. The molecule has 0 saturated heterocycles. The van der Waals surface area contributed by atoms with Crippen molar-refractivity contribution in [2.24, 2.45) is 0 Å². The number of hydrogen-bond donors (Lipinski definition) is 1. The molecule has 1 aromatic heterocycles. The van der Waals surface area contributed by atoms with Gasteiger partial charge in [-0.05, 0) is 62.4 Å². The van der Waals surface area contributed by atoms with Gasteiger partial charge in [0.2, 0.25) is 10.0 Å². The van der Waals surface area contributed by atoms with Gasteiger partial charge in [0.15, 0.2) is 0 Å². The highest BCUT2D eigenvalue weighted by atomic mass is 32.2. The Balaban J connectivity index is 1.57. The topological polar surface area (TPSA) is 103 Å². The number of sulfonamides is 1. The van der Waals surface area contributed by atoms with Crippen molar-refractivity contribution < 1.29 is 22.4 Å². The highest BCUT2D eigenvalue weighted by Gasteiger charge is 2.27. The Morgan fingerprint density at radius 2 is 1.85 bits per heavy atom. The van der Waals surface area contributed by atoms with Crippen molar-refractivity contribution in [2.45, 2.75) is 63.3 Å². The molecule has 0 spiro atoms. The zero-order valence-electron chi connectivity index (χ0n) is 18.7. The normalized spacial score (nSPS) is 14.2. The minimum Gasteiger partial charge on any atom is -0.425 e. The maximum Gasteiger partial charge on any atom is 0.339 e. The van der Waals surface area contributed by atoms with Gasteiger partial charge in [0, 0.05) is 17.0 Å². The second kappa shape index (κ2) is 9.49. The van der Waals surface area contributed by atoms with Crippen LogP contribution in [0.1, 0.15) is 49.3 Å². The summed E-state index contributed by atoms with van der Waals surface area (Å²) in [5, 5.41) is 0.838. The summed E-state index contributed by atoms with van der Waals surface area (Å²) >= 11 is 0. The Hall–Kier alpha value is -2.97. The van der Waals surface area contributed by atoms with Gasteiger partial charge in [0.05, 0.1) is 4.90 Å². The molecule has 0 fully saturated rings. The van der Waals surface area contributed by atoms with E-state index in [0.29, 0.717) is 24.8 Å². The summed E-state index contributed by atoms with van der Waals surface area (Å²) < 4.78 is 39.1. The molecule has 7 nitrogen and oxygen atoms in total. The Labute approximate surface area is 192 Å².